The Morgan fingerprint density at radius 3 is 2.50 bits per heavy atom. The molecule has 0 spiro atoms. The van der Waals surface area contributed by atoms with E-state index < -0.39 is 0 Å². The average Bonchev–Trinajstić information content (AvgIpc) is 2.28. The number of benzene rings is 1. The summed E-state index contributed by atoms with van der Waals surface area (Å²) in [6, 6.07) is 10.6. The van der Waals surface area contributed by atoms with Crippen molar-refractivity contribution in [1.29, 1.82) is 0 Å². The summed E-state index contributed by atoms with van der Waals surface area (Å²) < 4.78 is 0. The van der Waals surface area contributed by atoms with Crippen molar-refractivity contribution in [1.82, 2.24) is 0 Å². The Hall–Kier alpha value is -1.34. The molecule has 0 radical (unpaired) electrons. The summed E-state index contributed by atoms with van der Waals surface area (Å²) in [6.07, 6.45) is 5.61. The van der Waals surface area contributed by atoms with Gasteiger partial charge in [0.25, 0.3) is 0 Å². The van der Waals surface area contributed by atoms with Crippen LogP contribution in [0.15, 0.2) is 48.1 Å². The van der Waals surface area contributed by atoms with Crippen molar-refractivity contribution in [3.63, 3.8) is 0 Å². The fourth-order valence-corrected chi connectivity index (χ4v) is 2.32. The van der Waals surface area contributed by atoms with Crippen LogP contribution >= 0.6 is 0 Å². The Morgan fingerprint density at radius 2 is 1.88 bits per heavy atom. The second-order valence-corrected chi connectivity index (χ2v) is 5.12. The molecule has 16 heavy (non-hydrogen) atoms. The first-order valence-electron chi connectivity index (χ1n) is 5.78. The molecule has 2 rings (SSSR count). The zero-order valence-corrected chi connectivity index (χ0v) is 10.0. The van der Waals surface area contributed by atoms with Gasteiger partial charge >= 0.3 is 0 Å². The van der Waals surface area contributed by atoms with Gasteiger partial charge < -0.3 is 5.73 Å². The standard InChI is InChI=1S/C15H19N/c1-15(2)9-12(11-16)8-14(10-15)13-6-4-3-5-7-13/h3-9H,10-11,16H2,1-2H3. The second-order valence-electron chi connectivity index (χ2n) is 5.12. The van der Waals surface area contributed by atoms with Crippen LogP contribution in [0.5, 0.6) is 0 Å². The summed E-state index contributed by atoms with van der Waals surface area (Å²) >= 11 is 0. The fraction of sp³-hybridized carbons (Fsp3) is 0.333. The lowest BCUT2D eigenvalue weighted by molar-refractivity contribution is 0.488. The third kappa shape index (κ3) is 2.42. The molecule has 0 saturated carbocycles. The van der Waals surface area contributed by atoms with E-state index in [0.29, 0.717) is 6.54 Å². The summed E-state index contributed by atoms with van der Waals surface area (Å²) in [6.45, 7) is 5.15. The lowest BCUT2D eigenvalue weighted by atomic mass is 9.77. The molecule has 1 nitrogen and oxygen atoms in total. The van der Waals surface area contributed by atoms with E-state index >= 15 is 0 Å². The highest BCUT2D eigenvalue weighted by molar-refractivity contribution is 5.70. The molecule has 2 N–H and O–H groups in total. The number of rotatable bonds is 2. The molecule has 0 saturated heterocycles. The first-order chi connectivity index (χ1) is 7.61. The molecule has 0 heterocycles. The van der Waals surface area contributed by atoms with Crippen molar-refractivity contribution in [2.24, 2.45) is 11.1 Å². The topological polar surface area (TPSA) is 26.0 Å². The van der Waals surface area contributed by atoms with Gasteiger partial charge in [0.1, 0.15) is 0 Å². The van der Waals surface area contributed by atoms with Crippen LogP contribution < -0.4 is 5.73 Å². The van der Waals surface area contributed by atoms with Crippen molar-refractivity contribution in [3.8, 4) is 0 Å². The molecule has 1 heteroatoms. The van der Waals surface area contributed by atoms with Crippen molar-refractivity contribution in [3.05, 3.63) is 53.6 Å². The lowest BCUT2D eigenvalue weighted by Crippen LogP contribution is -2.16. The Labute approximate surface area is 97.7 Å². The predicted octanol–water partition coefficient (Wildman–Crippen LogP) is 3.39. The van der Waals surface area contributed by atoms with Gasteiger partial charge in [0, 0.05) is 6.54 Å². The Bertz CT molecular complexity index is 424. The lowest BCUT2D eigenvalue weighted by Gasteiger charge is -2.28. The van der Waals surface area contributed by atoms with Crippen LogP contribution in [0.3, 0.4) is 0 Å². The van der Waals surface area contributed by atoms with E-state index in [1.807, 2.05) is 0 Å². The molecule has 0 atom stereocenters. The Kier molecular flexibility index (Phi) is 2.97. The van der Waals surface area contributed by atoms with Crippen LogP contribution in [0, 0.1) is 5.41 Å². The molecule has 0 bridgehead atoms. The molecule has 1 aromatic rings. The van der Waals surface area contributed by atoms with Gasteiger partial charge in [0.15, 0.2) is 0 Å². The van der Waals surface area contributed by atoms with E-state index in [1.165, 1.54) is 16.7 Å². The summed E-state index contributed by atoms with van der Waals surface area (Å²) in [5.74, 6) is 0. The first kappa shape index (κ1) is 11.2. The fourth-order valence-electron chi connectivity index (χ4n) is 2.32. The van der Waals surface area contributed by atoms with Gasteiger partial charge in [0.2, 0.25) is 0 Å². The maximum Gasteiger partial charge on any atom is 0.0175 e. The molecule has 0 fully saturated rings. The molecule has 84 valence electrons. The monoisotopic (exact) mass is 213 g/mol. The summed E-state index contributed by atoms with van der Waals surface area (Å²) in [5.41, 5.74) is 9.93. The highest BCUT2D eigenvalue weighted by Gasteiger charge is 2.22. The van der Waals surface area contributed by atoms with Crippen molar-refractivity contribution in [2.75, 3.05) is 6.54 Å². The normalized spacial score (nSPS) is 18.9. The van der Waals surface area contributed by atoms with E-state index in [4.69, 9.17) is 5.73 Å². The largest absolute Gasteiger partial charge is 0.327 e. The van der Waals surface area contributed by atoms with Gasteiger partial charge in [-0.25, -0.2) is 0 Å². The summed E-state index contributed by atoms with van der Waals surface area (Å²) in [5, 5.41) is 0. The summed E-state index contributed by atoms with van der Waals surface area (Å²) in [7, 11) is 0. The minimum Gasteiger partial charge on any atom is -0.327 e. The molecular weight excluding hydrogens is 194 g/mol. The third-order valence-electron chi connectivity index (χ3n) is 2.96. The van der Waals surface area contributed by atoms with Gasteiger partial charge in [-0.2, -0.15) is 0 Å². The molecule has 0 aliphatic heterocycles. The number of hydrogen-bond acceptors (Lipinski definition) is 1. The zero-order valence-electron chi connectivity index (χ0n) is 10.0. The van der Waals surface area contributed by atoms with Crippen LogP contribution in [0.1, 0.15) is 25.8 Å². The quantitative estimate of drug-likeness (QED) is 0.800. The number of nitrogens with two attached hydrogens (primary N) is 1. The molecule has 1 aliphatic carbocycles. The molecule has 0 amide bonds. The van der Waals surface area contributed by atoms with Gasteiger partial charge in [-0.05, 0) is 28.5 Å². The Morgan fingerprint density at radius 1 is 1.19 bits per heavy atom. The van der Waals surface area contributed by atoms with Crippen molar-refractivity contribution >= 4 is 5.57 Å². The van der Waals surface area contributed by atoms with Crippen molar-refractivity contribution in [2.45, 2.75) is 20.3 Å². The van der Waals surface area contributed by atoms with Crippen LogP contribution in [0.4, 0.5) is 0 Å². The highest BCUT2D eigenvalue weighted by atomic mass is 14.5. The maximum atomic E-state index is 5.75. The van der Waals surface area contributed by atoms with Crippen LogP contribution in [0.25, 0.3) is 5.57 Å². The minimum absolute atomic E-state index is 0.217. The van der Waals surface area contributed by atoms with Gasteiger partial charge in [-0.1, -0.05) is 56.3 Å². The van der Waals surface area contributed by atoms with Gasteiger partial charge in [-0.15, -0.1) is 0 Å². The molecule has 0 unspecified atom stereocenters. The van der Waals surface area contributed by atoms with E-state index in [-0.39, 0.29) is 5.41 Å². The first-order valence-corrected chi connectivity index (χ1v) is 5.78. The van der Waals surface area contributed by atoms with E-state index in [9.17, 15) is 0 Å². The van der Waals surface area contributed by atoms with Gasteiger partial charge in [-0.3, -0.25) is 0 Å². The van der Waals surface area contributed by atoms with Gasteiger partial charge in [0.05, 0.1) is 0 Å². The zero-order chi connectivity index (χ0) is 11.6. The average molecular weight is 213 g/mol. The number of allylic oxidation sites excluding steroid dienone is 2. The second kappa shape index (κ2) is 4.26. The smallest absolute Gasteiger partial charge is 0.0175 e. The highest BCUT2D eigenvalue weighted by Crippen LogP contribution is 2.37. The van der Waals surface area contributed by atoms with Crippen LogP contribution in [-0.2, 0) is 0 Å². The molecular formula is C15H19N. The Balaban J connectivity index is 2.37. The molecule has 0 aromatic heterocycles. The van der Waals surface area contributed by atoms with Crippen molar-refractivity contribution < 1.29 is 0 Å². The van der Waals surface area contributed by atoms with E-state index in [0.717, 1.165) is 6.42 Å². The molecule has 1 aromatic carbocycles. The summed E-state index contributed by atoms with van der Waals surface area (Å²) in [4.78, 5) is 0. The molecule has 1 aliphatic rings. The maximum absolute atomic E-state index is 5.75. The third-order valence-corrected chi connectivity index (χ3v) is 2.96. The van der Waals surface area contributed by atoms with E-state index in [2.05, 4.69) is 56.3 Å². The SMILES string of the molecule is CC1(C)C=C(CN)C=C(c2ccccc2)C1. The number of hydrogen-bond donors (Lipinski definition) is 1. The predicted molar refractivity (Wildman–Crippen MR) is 70.0 cm³/mol. The van der Waals surface area contributed by atoms with E-state index in [1.54, 1.807) is 0 Å². The van der Waals surface area contributed by atoms with Crippen LogP contribution in [0.2, 0.25) is 0 Å². The minimum atomic E-state index is 0.217. The van der Waals surface area contributed by atoms with Crippen LogP contribution in [-0.4, -0.2) is 6.54 Å².